The molecule has 1 aromatic carbocycles. The van der Waals surface area contributed by atoms with Gasteiger partial charge in [0.15, 0.2) is 0 Å². The van der Waals surface area contributed by atoms with Gasteiger partial charge in [0.1, 0.15) is 5.82 Å². The van der Waals surface area contributed by atoms with Gasteiger partial charge < -0.3 is 5.32 Å². The van der Waals surface area contributed by atoms with E-state index in [4.69, 9.17) is 0 Å². The second-order valence-corrected chi connectivity index (χ2v) is 6.01. The molecule has 2 bridgehead atoms. The van der Waals surface area contributed by atoms with Crippen molar-refractivity contribution < 1.29 is 17.6 Å². The van der Waals surface area contributed by atoms with E-state index >= 15 is 0 Å². The van der Waals surface area contributed by atoms with Crippen LogP contribution in [0, 0.1) is 23.6 Å². The van der Waals surface area contributed by atoms with Crippen molar-refractivity contribution >= 4 is 5.69 Å². The Hall–Kier alpha value is -1.26. The highest BCUT2D eigenvalue weighted by molar-refractivity contribution is 5.48. The summed E-state index contributed by atoms with van der Waals surface area (Å²) in [6, 6.07) is 2.52. The van der Waals surface area contributed by atoms with Crippen LogP contribution in [0.5, 0.6) is 0 Å². The maximum absolute atomic E-state index is 13.6. The van der Waals surface area contributed by atoms with Gasteiger partial charge in [-0.3, -0.25) is 0 Å². The van der Waals surface area contributed by atoms with Gasteiger partial charge in [0.05, 0.1) is 11.3 Å². The molecule has 0 saturated heterocycles. The van der Waals surface area contributed by atoms with Crippen molar-refractivity contribution in [3.63, 3.8) is 0 Å². The first kappa shape index (κ1) is 13.7. The lowest BCUT2D eigenvalue weighted by molar-refractivity contribution is -0.137. The second-order valence-electron chi connectivity index (χ2n) is 6.01. The van der Waals surface area contributed by atoms with Gasteiger partial charge in [-0.1, -0.05) is 6.42 Å². The summed E-state index contributed by atoms with van der Waals surface area (Å²) in [5.74, 6) is 1.29. The van der Waals surface area contributed by atoms with Crippen molar-refractivity contribution in [3.8, 4) is 0 Å². The third-order valence-electron chi connectivity index (χ3n) is 4.73. The number of alkyl halides is 3. The highest BCUT2D eigenvalue weighted by Gasteiger charge is 2.39. The summed E-state index contributed by atoms with van der Waals surface area (Å²) in [5, 5.41) is 2.88. The SMILES string of the molecule is Fc1ccc(C(F)(F)F)cc1NCC1CC2CCC1C2. The molecular formula is C15H17F4N. The van der Waals surface area contributed by atoms with Crippen LogP contribution in [0.1, 0.15) is 31.2 Å². The van der Waals surface area contributed by atoms with Crippen LogP contribution in [0.4, 0.5) is 23.2 Å². The van der Waals surface area contributed by atoms with Crippen LogP contribution in [-0.4, -0.2) is 6.54 Å². The lowest BCUT2D eigenvalue weighted by atomic mass is 9.89. The zero-order valence-electron chi connectivity index (χ0n) is 11.0. The molecule has 0 heterocycles. The molecule has 1 nitrogen and oxygen atoms in total. The quantitative estimate of drug-likeness (QED) is 0.795. The molecule has 0 aliphatic heterocycles. The van der Waals surface area contributed by atoms with Gasteiger partial charge in [0.2, 0.25) is 0 Å². The van der Waals surface area contributed by atoms with E-state index in [2.05, 4.69) is 5.32 Å². The fourth-order valence-corrected chi connectivity index (χ4v) is 3.70. The molecule has 2 aliphatic carbocycles. The molecule has 2 aliphatic rings. The van der Waals surface area contributed by atoms with Crippen LogP contribution in [0.3, 0.4) is 0 Å². The molecule has 1 N–H and O–H groups in total. The smallest absolute Gasteiger partial charge is 0.382 e. The molecule has 3 rings (SSSR count). The van der Waals surface area contributed by atoms with Crippen molar-refractivity contribution in [1.29, 1.82) is 0 Å². The first-order valence-electron chi connectivity index (χ1n) is 7.04. The summed E-state index contributed by atoms with van der Waals surface area (Å²) in [6.45, 7) is 0.569. The summed E-state index contributed by atoms with van der Waals surface area (Å²) < 4.78 is 51.4. The van der Waals surface area contributed by atoms with Crippen molar-refractivity contribution in [2.45, 2.75) is 31.9 Å². The molecular weight excluding hydrogens is 270 g/mol. The summed E-state index contributed by atoms with van der Waals surface area (Å²) in [4.78, 5) is 0. The molecule has 5 heteroatoms. The van der Waals surface area contributed by atoms with Crippen molar-refractivity contribution in [3.05, 3.63) is 29.6 Å². The first-order chi connectivity index (χ1) is 9.43. The third kappa shape index (κ3) is 2.63. The highest BCUT2D eigenvalue weighted by atomic mass is 19.4. The van der Waals surface area contributed by atoms with Crippen LogP contribution in [0.2, 0.25) is 0 Å². The minimum Gasteiger partial charge on any atom is -0.382 e. The van der Waals surface area contributed by atoms with E-state index < -0.39 is 17.6 Å². The van der Waals surface area contributed by atoms with E-state index in [1.54, 1.807) is 0 Å². The minimum absolute atomic E-state index is 0.0393. The lowest BCUT2D eigenvalue weighted by Gasteiger charge is -2.22. The number of rotatable bonds is 3. The zero-order valence-corrected chi connectivity index (χ0v) is 11.0. The van der Waals surface area contributed by atoms with Crippen LogP contribution >= 0.6 is 0 Å². The van der Waals surface area contributed by atoms with Gasteiger partial charge in [-0.05, 0) is 55.2 Å². The molecule has 110 valence electrons. The predicted octanol–water partition coefficient (Wildman–Crippen LogP) is 4.69. The largest absolute Gasteiger partial charge is 0.416 e. The van der Waals surface area contributed by atoms with Crippen LogP contribution in [-0.2, 0) is 6.18 Å². The number of nitrogens with one attached hydrogen (secondary N) is 1. The van der Waals surface area contributed by atoms with Gasteiger partial charge in [0, 0.05) is 6.54 Å². The number of hydrogen-bond donors (Lipinski definition) is 1. The average Bonchev–Trinajstić information content (AvgIpc) is 2.98. The van der Waals surface area contributed by atoms with E-state index in [-0.39, 0.29) is 5.69 Å². The van der Waals surface area contributed by atoms with E-state index in [9.17, 15) is 17.6 Å². The molecule has 0 spiro atoms. The Kier molecular flexibility index (Phi) is 3.38. The Morgan fingerprint density at radius 1 is 1.15 bits per heavy atom. The first-order valence-corrected chi connectivity index (χ1v) is 7.04. The lowest BCUT2D eigenvalue weighted by Crippen LogP contribution is -2.20. The Bertz CT molecular complexity index is 497. The van der Waals surface area contributed by atoms with Crippen molar-refractivity contribution in [2.24, 2.45) is 17.8 Å². The van der Waals surface area contributed by atoms with Crippen molar-refractivity contribution in [1.82, 2.24) is 0 Å². The van der Waals surface area contributed by atoms with Gasteiger partial charge in [-0.2, -0.15) is 13.2 Å². The number of hydrogen-bond acceptors (Lipinski definition) is 1. The standard InChI is InChI=1S/C15H17F4N/c16-13-4-3-12(15(17,18)19)7-14(13)20-8-11-6-9-1-2-10(11)5-9/h3-4,7,9-11,20H,1-2,5-6,8H2. The van der Waals surface area contributed by atoms with Gasteiger partial charge in [0.25, 0.3) is 0 Å². The summed E-state index contributed by atoms with van der Waals surface area (Å²) in [6.07, 6.45) is 0.410. The summed E-state index contributed by atoms with van der Waals surface area (Å²) >= 11 is 0. The fraction of sp³-hybridized carbons (Fsp3) is 0.600. The Morgan fingerprint density at radius 2 is 1.95 bits per heavy atom. The predicted molar refractivity (Wildman–Crippen MR) is 68.8 cm³/mol. The molecule has 3 atom stereocenters. The van der Waals surface area contributed by atoms with Crippen LogP contribution in [0.15, 0.2) is 18.2 Å². The average molecular weight is 287 g/mol. The molecule has 3 unspecified atom stereocenters. The van der Waals surface area contributed by atoms with Gasteiger partial charge >= 0.3 is 6.18 Å². The maximum Gasteiger partial charge on any atom is 0.416 e. The van der Waals surface area contributed by atoms with E-state index in [1.165, 1.54) is 19.3 Å². The molecule has 0 amide bonds. The highest BCUT2D eigenvalue weighted by Crippen LogP contribution is 2.48. The van der Waals surface area contributed by atoms with E-state index in [1.807, 2.05) is 0 Å². The molecule has 2 saturated carbocycles. The number of halogens is 4. The minimum atomic E-state index is -4.43. The molecule has 0 aromatic heterocycles. The zero-order chi connectivity index (χ0) is 14.3. The van der Waals surface area contributed by atoms with Crippen LogP contribution < -0.4 is 5.32 Å². The molecule has 0 radical (unpaired) electrons. The summed E-state index contributed by atoms with van der Waals surface area (Å²) in [7, 11) is 0. The van der Waals surface area contributed by atoms with E-state index in [0.29, 0.717) is 18.4 Å². The Balaban J connectivity index is 1.68. The molecule has 1 aromatic rings. The maximum atomic E-state index is 13.6. The Morgan fingerprint density at radius 3 is 2.55 bits per heavy atom. The van der Waals surface area contributed by atoms with E-state index in [0.717, 1.165) is 30.5 Å². The normalized spacial score (nSPS) is 28.9. The Labute approximate surface area is 115 Å². The molecule has 2 fully saturated rings. The third-order valence-corrected chi connectivity index (χ3v) is 4.73. The number of fused-ring (bicyclic) bond motifs is 2. The topological polar surface area (TPSA) is 12.0 Å². The van der Waals surface area contributed by atoms with Crippen LogP contribution in [0.25, 0.3) is 0 Å². The molecule has 20 heavy (non-hydrogen) atoms. The monoisotopic (exact) mass is 287 g/mol. The van der Waals surface area contributed by atoms with Gasteiger partial charge in [-0.15, -0.1) is 0 Å². The number of anilines is 1. The second kappa shape index (κ2) is 4.93. The fourth-order valence-electron chi connectivity index (χ4n) is 3.70. The summed E-state index contributed by atoms with van der Waals surface area (Å²) in [5.41, 5.74) is -0.850. The van der Waals surface area contributed by atoms with Crippen molar-refractivity contribution in [2.75, 3.05) is 11.9 Å². The van der Waals surface area contributed by atoms with Gasteiger partial charge in [-0.25, -0.2) is 4.39 Å². The number of benzene rings is 1.